The summed E-state index contributed by atoms with van der Waals surface area (Å²) in [6.07, 6.45) is 10.7. The number of carboxylic acids is 1. The third kappa shape index (κ3) is 12.8. The van der Waals surface area contributed by atoms with Crippen molar-refractivity contribution in [3.63, 3.8) is 0 Å². The van der Waals surface area contributed by atoms with Crippen LogP contribution in [0.4, 0.5) is 0 Å². The van der Waals surface area contributed by atoms with Gasteiger partial charge in [0.1, 0.15) is 10.7 Å². The number of aliphatic carboxylic acids is 1. The minimum atomic E-state index is -0.839. The minimum absolute atomic E-state index is 0.0192. The largest absolute Gasteiger partial charge is 0.481 e. The molecule has 0 saturated heterocycles. The van der Waals surface area contributed by atoms with Crippen LogP contribution < -0.4 is 0 Å². The molecule has 1 rings (SSSR count). The van der Waals surface area contributed by atoms with E-state index in [9.17, 15) is 14.4 Å². The quantitative estimate of drug-likeness (QED) is 0.107. The predicted octanol–water partition coefficient (Wildman–Crippen LogP) is 6.67. The number of carbonyl (C=O) groups excluding carboxylic acids is 2. The van der Waals surface area contributed by atoms with Crippen molar-refractivity contribution in [1.82, 2.24) is 9.80 Å². The van der Waals surface area contributed by atoms with Gasteiger partial charge in [0.15, 0.2) is 0 Å². The molecule has 1 aliphatic heterocycles. The molecule has 0 fully saturated rings. The van der Waals surface area contributed by atoms with Gasteiger partial charge >= 0.3 is 98.3 Å². The molecule has 1 N–H and O–H groups in total. The molecule has 0 bridgehead atoms. The number of unbranched alkanes of at least 4 members (excludes halogenated alkanes) is 5. The molecule has 0 unspecified atom stereocenters. The number of carbonyl (C=O) groups is 3. The van der Waals surface area contributed by atoms with E-state index in [-0.39, 0.29) is 29.6 Å². The average molecular weight is 607 g/mol. The smallest absolute Gasteiger partial charge is 0.303 e. The topological polar surface area (TPSA) is 77.9 Å². The zero-order valence-electron chi connectivity index (χ0n) is 22.3. The van der Waals surface area contributed by atoms with E-state index >= 15 is 0 Å². The number of hydrogen-bond donors (Lipinski definition) is 1. The predicted molar refractivity (Wildman–Crippen MR) is 144 cm³/mol. The third-order valence-corrected chi connectivity index (χ3v) is 15.5. The van der Waals surface area contributed by atoms with Crippen molar-refractivity contribution in [3.8, 4) is 0 Å². The Morgan fingerprint density at radius 2 is 1.32 bits per heavy atom. The summed E-state index contributed by atoms with van der Waals surface area (Å²) in [7, 11) is 0. The Bertz CT molecular complexity index is 619. The van der Waals surface area contributed by atoms with Gasteiger partial charge in [0.25, 0.3) is 11.8 Å². The van der Waals surface area contributed by atoms with E-state index < -0.39 is 31.6 Å². The van der Waals surface area contributed by atoms with Crippen molar-refractivity contribution in [2.45, 2.75) is 112 Å². The number of hydrogen-bond acceptors (Lipinski definition) is 4. The van der Waals surface area contributed by atoms with Crippen LogP contribution >= 0.6 is 11.6 Å². The molecule has 1 radical (unpaired) electrons. The van der Waals surface area contributed by atoms with Crippen molar-refractivity contribution >= 4 is 49.1 Å². The van der Waals surface area contributed by atoms with Crippen LogP contribution in [0.3, 0.4) is 0 Å². The Balaban J connectivity index is 0.000000722. The number of carboxylic acid groups (broad SMARTS) is 1. The second kappa shape index (κ2) is 20.4. The van der Waals surface area contributed by atoms with Gasteiger partial charge in [-0.15, -0.1) is 0 Å². The molecule has 0 aromatic rings. The maximum Gasteiger partial charge on any atom is 0.303 e. The molecule has 2 amide bonds. The SMILES string of the molecule is CCC[CH2][Sn]([CH2]CCC)[CH2]CCC.CCN(CC)C1=C(Cl)C(=O)N(CCCCCC(=O)O)C1=O. The first kappa shape index (κ1) is 33.2. The molecule has 8 heteroatoms. The van der Waals surface area contributed by atoms with E-state index in [1.165, 1.54) is 38.5 Å². The van der Waals surface area contributed by atoms with Gasteiger partial charge < -0.3 is 10.0 Å². The molecule has 0 spiro atoms. The summed E-state index contributed by atoms with van der Waals surface area (Å²) in [6.45, 7) is 12.3. The van der Waals surface area contributed by atoms with Crippen LogP contribution in [0.25, 0.3) is 0 Å². The van der Waals surface area contributed by atoms with Crippen molar-refractivity contribution in [3.05, 3.63) is 10.7 Å². The number of amides is 2. The van der Waals surface area contributed by atoms with Crippen molar-refractivity contribution in [2.75, 3.05) is 19.6 Å². The summed E-state index contributed by atoms with van der Waals surface area (Å²) < 4.78 is 5.04. The second-order valence-corrected chi connectivity index (χ2v) is 17.8. The Hall–Kier alpha value is -0.761. The molecule has 197 valence electrons. The summed E-state index contributed by atoms with van der Waals surface area (Å²) in [5.41, 5.74) is 0.275. The van der Waals surface area contributed by atoms with Gasteiger partial charge in [0.2, 0.25) is 0 Å². The van der Waals surface area contributed by atoms with Gasteiger partial charge in [-0.1, -0.05) is 18.0 Å². The van der Waals surface area contributed by atoms with Crippen molar-refractivity contribution < 1.29 is 19.5 Å². The Labute approximate surface area is 220 Å². The second-order valence-electron chi connectivity index (χ2n) is 8.86. The molecular weight excluding hydrogens is 558 g/mol. The third-order valence-electron chi connectivity index (χ3n) is 6.09. The first-order valence-electron chi connectivity index (χ1n) is 13.3. The van der Waals surface area contributed by atoms with Gasteiger partial charge in [-0.2, -0.15) is 0 Å². The van der Waals surface area contributed by atoms with Crippen molar-refractivity contribution in [1.29, 1.82) is 0 Å². The van der Waals surface area contributed by atoms with E-state index in [1.807, 2.05) is 13.8 Å². The van der Waals surface area contributed by atoms with Crippen molar-refractivity contribution in [2.24, 2.45) is 0 Å². The van der Waals surface area contributed by atoms with Gasteiger partial charge in [0.05, 0.1) is 0 Å². The molecule has 0 atom stereocenters. The van der Waals surface area contributed by atoms with E-state index in [4.69, 9.17) is 16.7 Å². The van der Waals surface area contributed by atoms with Crippen LogP contribution in [0, 0.1) is 0 Å². The normalized spacial score (nSPS) is 13.6. The number of imide groups is 1. The van der Waals surface area contributed by atoms with Crippen LogP contribution in [0.1, 0.15) is 98.8 Å². The molecule has 0 aliphatic carbocycles. The maximum absolute atomic E-state index is 12.3. The summed E-state index contributed by atoms with van der Waals surface area (Å²) in [5, 5.41) is 8.53. The van der Waals surface area contributed by atoms with Crippen LogP contribution in [-0.4, -0.2) is 72.1 Å². The van der Waals surface area contributed by atoms with Crippen LogP contribution in [-0.2, 0) is 14.4 Å². The minimum Gasteiger partial charge on any atom is -0.481 e. The molecule has 0 aromatic heterocycles. The first-order chi connectivity index (χ1) is 16.3. The van der Waals surface area contributed by atoms with Gasteiger partial charge in [-0.3, -0.25) is 19.3 Å². The summed E-state index contributed by atoms with van der Waals surface area (Å²) >= 11 is 5.16. The fraction of sp³-hybridized carbons (Fsp3) is 0.808. The zero-order valence-corrected chi connectivity index (χ0v) is 25.9. The van der Waals surface area contributed by atoms with E-state index in [0.717, 1.165) is 4.90 Å². The van der Waals surface area contributed by atoms with Crippen LogP contribution in [0.5, 0.6) is 0 Å². The average Bonchev–Trinajstić information content (AvgIpc) is 3.03. The van der Waals surface area contributed by atoms with Gasteiger partial charge in [-0.05, 0) is 26.7 Å². The molecule has 0 aromatic carbocycles. The number of rotatable bonds is 18. The Morgan fingerprint density at radius 1 is 0.824 bits per heavy atom. The fourth-order valence-corrected chi connectivity index (χ4v) is 13.7. The van der Waals surface area contributed by atoms with E-state index in [1.54, 1.807) is 18.2 Å². The monoisotopic (exact) mass is 607 g/mol. The molecule has 1 heterocycles. The van der Waals surface area contributed by atoms with Gasteiger partial charge in [-0.25, -0.2) is 0 Å². The molecule has 1 aliphatic rings. The summed E-state index contributed by atoms with van der Waals surface area (Å²) in [6, 6.07) is 0. The zero-order chi connectivity index (χ0) is 25.9. The summed E-state index contributed by atoms with van der Waals surface area (Å²) in [4.78, 5) is 37.6. The van der Waals surface area contributed by atoms with Crippen LogP contribution in [0.15, 0.2) is 10.7 Å². The van der Waals surface area contributed by atoms with Crippen LogP contribution in [0.2, 0.25) is 13.3 Å². The number of likely N-dealkylation sites (N-methyl/N-ethyl adjacent to an activating group) is 1. The Kier molecular flexibility index (Phi) is 20.0. The first-order valence-corrected chi connectivity index (χ1v) is 19.8. The standard InChI is InChI=1S/C14H21ClN2O4.3C4H9.Sn/c1-3-16(4-2)12-11(15)13(20)17(14(12)21)9-7-5-6-8-10(18)19;3*1-3-4-2;/h3-9H2,1-2H3,(H,18,19);3*1,3-4H2,2H3;. The number of nitrogens with zero attached hydrogens (tertiary/aromatic N) is 2. The molecule has 34 heavy (non-hydrogen) atoms. The van der Waals surface area contributed by atoms with E-state index in [2.05, 4.69) is 20.8 Å². The van der Waals surface area contributed by atoms with Gasteiger partial charge in [0, 0.05) is 26.1 Å². The number of halogens is 1. The summed E-state index contributed by atoms with van der Waals surface area (Å²) in [5.74, 6) is -1.65. The Morgan fingerprint density at radius 3 is 1.74 bits per heavy atom. The van der Waals surface area contributed by atoms with E-state index in [0.29, 0.717) is 32.4 Å². The maximum atomic E-state index is 12.3. The fourth-order valence-electron chi connectivity index (χ4n) is 3.93. The molecule has 6 nitrogen and oxygen atoms in total. The molecular formula is C26H48ClN2O4Sn. The molecule has 0 saturated carbocycles.